The molecule has 1 atom stereocenters. The molecule has 1 fully saturated rings. The van der Waals surface area contributed by atoms with Crippen molar-refractivity contribution in [2.75, 3.05) is 33.4 Å². The van der Waals surface area contributed by atoms with Gasteiger partial charge in [0.05, 0.1) is 18.2 Å². The maximum absolute atomic E-state index is 13.0. The van der Waals surface area contributed by atoms with E-state index in [1.807, 2.05) is 0 Å². The van der Waals surface area contributed by atoms with Crippen LogP contribution in [0, 0.1) is 0 Å². The van der Waals surface area contributed by atoms with E-state index in [1.54, 1.807) is 35.2 Å². The van der Waals surface area contributed by atoms with E-state index in [0.29, 0.717) is 16.7 Å². The summed E-state index contributed by atoms with van der Waals surface area (Å²) < 4.78 is 36.1. The van der Waals surface area contributed by atoms with Gasteiger partial charge < -0.3 is 19.5 Å². The Balaban J connectivity index is 1.48. The van der Waals surface area contributed by atoms with Crippen molar-refractivity contribution in [3.8, 4) is 11.6 Å². The SMILES string of the molecule is COC[C@H]1CN(C(=O)c2ccc3cc(Oc4ccc(C(F)F)cn4)ccc3n2)CCN1C(=O)O. The third-order valence-corrected chi connectivity index (χ3v) is 5.49. The largest absolute Gasteiger partial charge is 0.465 e. The van der Waals surface area contributed by atoms with Gasteiger partial charge >= 0.3 is 6.09 Å². The number of rotatable bonds is 6. The number of pyridine rings is 2. The van der Waals surface area contributed by atoms with E-state index in [1.165, 1.54) is 24.1 Å². The van der Waals surface area contributed by atoms with Crippen molar-refractivity contribution in [2.24, 2.45) is 0 Å². The highest BCUT2D eigenvalue weighted by Gasteiger charge is 2.33. The number of nitrogens with zero attached hydrogens (tertiary/aromatic N) is 4. The first-order valence-electron chi connectivity index (χ1n) is 10.5. The highest BCUT2D eigenvalue weighted by Crippen LogP contribution is 2.26. The number of halogens is 2. The normalized spacial score (nSPS) is 16.2. The molecule has 0 aliphatic carbocycles. The summed E-state index contributed by atoms with van der Waals surface area (Å²) in [6.45, 7) is 0.845. The van der Waals surface area contributed by atoms with Crippen LogP contribution in [0.1, 0.15) is 22.5 Å². The molecule has 0 bridgehead atoms. The smallest absolute Gasteiger partial charge is 0.407 e. The first-order chi connectivity index (χ1) is 16.4. The zero-order valence-electron chi connectivity index (χ0n) is 18.2. The number of hydrogen-bond acceptors (Lipinski definition) is 6. The molecule has 3 aromatic rings. The summed E-state index contributed by atoms with van der Waals surface area (Å²) in [4.78, 5) is 35.6. The number of piperazine rings is 1. The Kier molecular flexibility index (Phi) is 6.82. The van der Waals surface area contributed by atoms with Crippen molar-refractivity contribution in [3.63, 3.8) is 0 Å². The molecular formula is C23H22F2N4O5. The van der Waals surface area contributed by atoms with Crippen molar-refractivity contribution in [2.45, 2.75) is 12.5 Å². The molecule has 11 heteroatoms. The average Bonchev–Trinajstić information content (AvgIpc) is 2.83. The molecule has 178 valence electrons. The molecule has 0 unspecified atom stereocenters. The molecule has 1 saturated heterocycles. The zero-order valence-corrected chi connectivity index (χ0v) is 18.2. The molecule has 1 aliphatic heterocycles. The fourth-order valence-electron chi connectivity index (χ4n) is 3.78. The van der Waals surface area contributed by atoms with Gasteiger partial charge in [-0.25, -0.2) is 23.5 Å². The van der Waals surface area contributed by atoms with Crippen LogP contribution in [0.25, 0.3) is 10.9 Å². The molecule has 3 heterocycles. The van der Waals surface area contributed by atoms with Crippen LogP contribution in [0.4, 0.5) is 13.6 Å². The third-order valence-electron chi connectivity index (χ3n) is 5.49. The quantitative estimate of drug-likeness (QED) is 0.582. The van der Waals surface area contributed by atoms with E-state index in [4.69, 9.17) is 9.47 Å². The van der Waals surface area contributed by atoms with E-state index < -0.39 is 18.6 Å². The lowest BCUT2D eigenvalue weighted by Crippen LogP contribution is -2.57. The van der Waals surface area contributed by atoms with Gasteiger partial charge in [0, 0.05) is 50.0 Å². The van der Waals surface area contributed by atoms with Crippen molar-refractivity contribution in [3.05, 3.63) is 59.9 Å². The Labute approximate surface area is 193 Å². The van der Waals surface area contributed by atoms with E-state index in [0.717, 1.165) is 6.20 Å². The first-order valence-corrected chi connectivity index (χ1v) is 10.5. The number of carbonyl (C=O) groups excluding carboxylic acids is 1. The summed E-state index contributed by atoms with van der Waals surface area (Å²) in [6.07, 6.45) is -2.58. The van der Waals surface area contributed by atoms with Gasteiger partial charge in [-0.3, -0.25) is 9.69 Å². The Morgan fingerprint density at radius 1 is 1.18 bits per heavy atom. The molecule has 1 N–H and O–H groups in total. The molecule has 0 saturated carbocycles. The topological polar surface area (TPSA) is 105 Å². The molecule has 1 aromatic carbocycles. The highest BCUT2D eigenvalue weighted by molar-refractivity contribution is 5.95. The van der Waals surface area contributed by atoms with Crippen LogP contribution in [-0.2, 0) is 4.74 Å². The predicted molar refractivity (Wildman–Crippen MR) is 117 cm³/mol. The van der Waals surface area contributed by atoms with E-state index in [2.05, 4.69) is 9.97 Å². The predicted octanol–water partition coefficient (Wildman–Crippen LogP) is 3.81. The van der Waals surface area contributed by atoms with E-state index >= 15 is 0 Å². The van der Waals surface area contributed by atoms with Gasteiger partial charge in [-0.1, -0.05) is 6.07 Å². The number of ether oxygens (including phenoxy) is 2. The van der Waals surface area contributed by atoms with Crippen LogP contribution < -0.4 is 4.74 Å². The molecule has 4 rings (SSSR count). The van der Waals surface area contributed by atoms with Crippen molar-refractivity contribution >= 4 is 22.9 Å². The Morgan fingerprint density at radius 3 is 2.68 bits per heavy atom. The standard InChI is InChI=1S/C23H22F2N4O5/c1-33-13-16-12-28(8-9-29(16)23(31)32)22(30)19-5-2-14-10-17(4-6-18(14)27-19)34-20-7-3-15(11-26-20)21(24)25/h2-7,10-11,16,21H,8-9,12-13H2,1H3,(H,31,32)/t16-/m1/s1. The monoisotopic (exact) mass is 472 g/mol. The molecule has 2 aromatic heterocycles. The van der Waals surface area contributed by atoms with Crippen molar-refractivity contribution in [1.82, 2.24) is 19.8 Å². The van der Waals surface area contributed by atoms with E-state index in [-0.39, 0.29) is 49.3 Å². The molecular weight excluding hydrogens is 450 g/mol. The number of aromatic nitrogens is 2. The number of methoxy groups -OCH3 is 1. The fraction of sp³-hybridized carbons (Fsp3) is 0.304. The van der Waals surface area contributed by atoms with Gasteiger partial charge in [-0.05, 0) is 30.3 Å². The van der Waals surface area contributed by atoms with Gasteiger partial charge in [0.15, 0.2) is 0 Å². The van der Waals surface area contributed by atoms with E-state index in [9.17, 15) is 23.5 Å². The number of carbonyl (C=O) groups is 2. The minimum atomic E-state index is -2.60. The number of amides is 2. The summed E-state index contributed by atoms with van der Waals surface area (Å²) in [6, 6.07) is 10.5. The molecule has 34 heavy (non-hydrogen) atoms. The number of carboxylic acid groups (broad SMARTS) is 1. The summed E-state index contributed by atoms with van der Waals surface area (Å²) in [5, 5.41) is 10.1. The van der Waals surface area contributed by atoms with Gasteiger partial charge in [-0.15, -0.1) is 0 Å². The summed E-state index contributed by atoms with van der Waals surface area (Å²) in [7, 11) is 1.48. The second-order valence-corrected chi connectivity index (χ2v) is 7.72. The van der Waals surface area contributed by atoms with Crippen LogP contribution in [0.3, 0.4) is 0 Å². The summed E-state index contributed by atoms with van der Waals surface area (Å²) in [5.74, 6) is 0.323. The Bertz CT molecular complexity index is 1190. The maximum atomic E-state index is 13.0. The summed E-state index contributed by atoms with van der Waals surface area (Å²) >= 11 is 0. The summed E-state index contributed by atoms with van der Waals surface area (Å²) in [5.41, 5.74) is 0.618. The number of alkyl halides is 2. The molecule has 1 aliphatic rings. The lowest BCUT2D eigenvalue weighted by molar-refractivity contribution is 0.0251. The minimum Gasteiger partial charge on any atom is -0.465 e. The second-order valence-electron chi connectivity index (χ2n) is 7.72. The molecule has 9 nitrogen and oxygen atoms in total. The molecule has 0 spiro atoms. The van der Waals surface area contributed by atoms with Gasteiger partial charge in [0.1, 0.15) is 11.4 Å². The van der Waals surface area contributed by atoms with Crippen LogP contribution in [0.15, 0.2) is 48.7 Å². The van der Waals surface area contributed by atoms with Crippen molar-refractivity contribution in [1.29, 1.82) is 0 Å². The fourth-order valence-corrected chi connectivity index (χ4v) is 3.78. The Hall–Kier alpha value is -3.86. The first kappa shape index (κ1) is 23.3. The lowest BCUT2D eigenvalue weighted by Gasteiger charge is -2.39. The van der Waals surface area contributed by atoms with Crippen LogP contribution in [-0.4, -0.2) is 76.3 Å². The molecule has 0 radical (unpaired) electrons. The number of hydrogen-bond donors (Lipinski definition) is 1. The Morgan fingerprint density at radius 2 is 2.00 bits per heavy atom. The molecule has 2 amide bonds. The van der Waals surface area contributed by atoms with Crippen LogP contribution in [0.2, 0.25) is 0 Å². The number of benzene rings is 1. The van der Waals surface area contributed by atoms with Gasteiger partial charge in [0.25, 0.3) is 12.3 Å². The second kappa shape index (κ2) is 9.96. The lowest BCUT2D eigenvalue weighted by atomic mass is 10.1. The third kappa shape index (κ3) is 5.04. The van der Waals surface area contributed by atoms with Crippen molar-refractivity contribution < 1.29 is 33.0 Å². The average molecular weight is 472 g/mol. The maximum Gasteiger partial charge on any atom is 0.407 e. The number of fused-ring (bicyclic) bond motifs is 1. The minimum absolute atomic E-state index is 0.176. The van der Waals surface area contributed by atoms with Crippen LogP contribution >= 0.6 is 0 Å². The zero-order chi connectivity index (χ0) is 24.2. The van der Waals surface area contributed by atoms with Gasteiger partial charge in [-0.2, -0.15) is 0 Å². The highest BCUT2D eigenvalue weighted by atomic mass is 19.3. The van der Waals surface area contributed by atoms with Crippen LogP contribution in [0.5, 0.6) is 11.6 Å². The van der Waals surface area contributed by atoms with Gasteiger partial charge in [0.2, 0.25) is 5.88 Å².